The second-order valence-electron chi connectivity index (χ2n) is 9.41. The first kappa shape index (κ1) is 23.6. The van der Waals surface area contributed by atoms with Crippen molar-refractivity contribution in [3.05, 3.63) is 53.1 Å². The molecular formula is C26H33N5O4. The number of anilines is 2. The normalized spacial score (nSPS) is 23.2. The maximum atomic E-state index is 12.6. The molecule has 1 amide bonds. The van der Waals surface area contributed by atoms with Crippen LogP contribution < -0.4 is 15.4 Å². The molecule has 0 spiro atoms. The van der Waals surface area contributed by atoms with E-state index in [2.05, 4.69) is 26.5 Å². The quantitative estimate of drug-likeness (QED) is 0.584. The molecule has 0 radical (unpaired) electrons. The molecule has 2 atom stereocenters. The van der Waals surface area contributed by atoms with Crippen molar-refractivity contribution in [3.8, 4) is 5.75 Å². The molecule has 3 aliphatic rings. The van der Waals surface area contributed by atoms with Crippen LogP contribution in [0.1, 0.15) is 29.2 Å². The van der Waals surface area contributed by atoms with Crippen LogP contribution in [0.4, 0.5) is 11.4 Å². The van der Waals surface area contributed by atoms with Crippen molar-refractivity contribution < 1.29 is 19.4 Å². The molecule has 1 saturated heterocycles. The summed E-state index contributed by atoms with van der Waals surface area (Å²) < 4.78 is 11.5. The number of hydrogen-bond donors (Lipinski definition) is 3. The number of aryl methyl sites for hydroxylation is 1. The first-order valence-corrected chi connectivity index (χ1v) is 12.1. The Morgan fingerprint density at radius 1 is 1.29 bits per heavy atom. The summed E-state index contributed by atoms with van der Waals surface area (Å²) in [6, 6.07) is 12.5. The maximum absolute atomic E-state index is 12.6. The number of rotatable bonds is 6. The molecule has 2 aromatic carbocycles. The number of carbonyl (C=O) groups excluding carboxylic acids is 1. The standard InChI is InChI=1S/C26H33N5O4/c1-30-10-11-31(13-20(30)15-32)14-24(33)27-19-7-9-21-18(12-19)16-35-26(28-21)29-22-8-6-17-4-3-5-23(34-2)25(17)22/h3-5,7,9,12,20,22,32H,6,8,10-11,13-16H2,1-2H3,(H,27,33)(H,28,29). The van der Waals surface area contributed by atoms with E-state index in [1.807, 2.05) is 37.4 Å². The summed E-state index contributed by atoms with van der Waals surface area (Å²) in [5.41, 5.74) is 5.05. The molecule has 1 fully saturated rings. The fourth-order valence-electron chi connectivity index (χ4n) is 5.11. The molecule has 2 aromatic rings. The Morgan fingerprint density at radius 2 is 2.17 bits per heavy atom. The minimum atomic E-state index is -0.0630. The molecule has 0 saturated carbocycles. The van der Waals surface area contributed by atoms with Crippen LogP contribution in [0.3, 0.4) is 0 Å². The van der Waals surface area contributed by atoms with Gasteiger partial charge in [0, 0.05) is 48.2 Å². The van der Waals surface area contributed by atoms with E-state index in [-0.39, 0.29) is 24.6 Å². The van der Waals surface area contributed by atoms with Gasteiger partial charge in [-0.2, -0.15) is 0 Å². The second kappa shape index (κ2) is 10.2. The summed E-state index contributed by atoms with van der Waals surface area (Å²) in [7, 11) is 3.69. The van der Waals surface area contributed by atoms with Crippen LogP contribution in [0.15, 0.2) is 41.4 Å². The highest BCUT2D eigenvalue weighted by Gasteiger charge is 2.28. The molecule has 186 valence electrons. The maximum Gasteiger partial charge on any atom is 0.290 e. The van der Waals surface area contributed by atoms with Crippen molar-refractivity contribution in [3.63, 3.8) is 0 Å². The zero-order valence-corrected chi connectivity index (χ0v) is 20.3. The number of fused-ring (bicyclic) bond motifs is 2. The fourth-order valence-corrected chi connectivity index (χ4v) is 5.11. The molecule has 2 unspecified atom stereocenters. The van der Waals surface area contributed by atoms with Crippen LogP contribution in [-0.2, 0) is 22.6 Å². The van der Waals surface area contributed by atoms with Gasteiger partial charge in [-0.25, -0.2) is 4.99 Å². The molecule has 0 aromatic heterocycles. The molecule has 2 heterocycles. The summed E-state index contributed by atoms with van der Waals surface area (Å²) >= 11 is 0. The lowest BCUT2D eigenvalue weighted by Crippen LogP contribution is -2.54. The van der Waals surface area contributed by atoms with E-state index in [1.165, 1.54) is 5.56 Å². The van der Waals surface area contributed by atoms with E-state index in [0.717, 1.165) is 54.2 Å². The number of piperazine rings is 1. The summed E-state index contributed by atoms with van der Waals surface area (Å²) in [6.45, 7) is 3.11. The third-order valence-corrected chi connectivity index (χ3v) is 7.10. The average Bonchev–Trinajstić information content (AvgIpc) is 3.28. The highest BCUT2D eigenvalue weighted by molar-refractivity contribution is 5.95. The van der Waals surface area contributed by atoms with Crippen LogP contribution in [0.25, 0.3) is 0 Å². The Balaban J connectivity index is 1.21. The lowest BCUT2D eigenvalue weighted by Gasteiger charge is -2.38. The van der Waals surface area contributed by atoms with Gasteiger partial charge in [0.05, 0.1) is 26.3 Å². The molecule has 9 heteroatoms. The van der Waals surface area contributed by atoms with Gasteiger partial charge in [-0.05, 0) is 49.7 Å². The Morgan fingerprint density at radius 3 is 3.00 bits per heavy atom. The topological polar surface area (TPSA) is 98.7 Å². The minimum Gasteiger partial charge on any atom is -0.496 e. The number of nitrogens with one attached hydrogen (secondary N) is 2. The summed E-state index contributed by atoms with van der Waals surface area (Å²) in [5, 5.41) is 15.8. The molecule has 35 heavy (non-hydrogen) atoms. The van der Waals surface area contributed by atoms with Gasteiger partial charge in [0.2, 0.25) is 5.91 Å². The number of amides is 1. The van der Waals surface area contributed by atoms with Gasteiger partial charge in [-0.1, -0.05) is 12.1 Å². The number of carbonyl (C=O) groups is 1. The molecule has 5 rings (SSSR count). The first-order valence-electron chi connectivity index (χ1n) is 12.1. The van der Waals surface area contributed by atoms with Crippen LogP contribution in [0, 0.1) is 0 Å². The van der Waals surface area contributed by atoms with Crippen molar-refractivity contribution in [2.75, 3.05) is 57.6 Å². The Labute approximate surface area is 205 Å². The number of ether oxygens (including phenoxy) is 2. The molecule has 3 N–H and O–H groups in total. The van der Waals surface area contributed by atoms with Gasteiger partial charge in [-0.15, -0.1) is 0 Å². The fraction of sp³-hybridized carbons (Fsp3) is 0.462. The van der Waals surface area contributed by atoms with Gasteiger partial charge < -0.3 is 25.2 Å². The van der Waals surface area contributed by atoms with Gasteiger partial charge in [-0.3, -0.25) is 14.6 Å². The van der Waals surface area contributed by atoms with Crippen molar-refractivity contribution in [2.45, 2.75) is 31.5 Å². The van der Waals surface area contributed by atoms with Crippen LogP contribution in [-0.4, -0.2) is 79.8 Å². The van der Waals surface area contributed by atoms with E-state index in [9.17, 15) is 9.90 Å². The third-order valence-electron chi connectivity index (χ3n) is 7.10. The van der Waals surface area contributed by atoms with E-state index in [1.54, 1.807) is 7.11 Å². The number of benzene rings is 2. The molecule has 1 aliphatic carbocycles. The van der Waals surface area contributed by atoms with E-state index in [4.69, 9.17) is 14.5 Å². The van der Waals surface area contributed by atoms with Gasteiger partial charge in [0.1, 0.15) is 12.4 Å². The highest BCUT2D eigenvalue weighted by Crippen LogP contribution is 2.40. The summed E-state index contributed by atoms with van der Waals surface area (Å²) in [4.78, 5) is 21.7. The molecular weight excluding hydrogens is 446 g/mol. The Hall–Kier alpha value is -3.14. The van der Waals surface area contributed by atoms with Gasteiger partial charge >= 0.3 is 0 Å². The highest BCUT2D eigenvalue weighted by atomic mass is 16.5. The van der Waals surface area contributed by atoms with Crippen molar-refractivity contribution in [2.24, 2.45) is 4.99 Å². The van der Waals surface area contributed by atoms with E-state index in [0.29, 0.717) is 25.7 Å². The second-order valence-corrected chi connectivity index (χ2v) is 9.41. The van der Waals surface area contributed by atoms with E-state index >= 15 is 0 Å². The van der Waals surface area contributed by atoms with E-state index < -0.39 is 0 Å². The van der Waals surface area contributed by atoms with Crippen molar-refractivity contribution in [1.82, 2.24) is 9.80 Å². The third kappa shape index (κ3) is 5.12. The predicted molar refractivity (Wildman–Crippen MR) is 135 cm³/mol. The molecule has 2 aliphatic heterocycles. The van der Waals surface area contributed by atoms with Crippen LogP contribution in [0.2, 0.25) is 0 Å². The lowest BCUT2D eigenvalue weighted by atomic mass is 10.1. The monoisotopic (exact) mass is 479 g/mol. The molecule has 0 bridgehead atoms. The molecule has 9 nitrogen and oxygen atoms in total. The zero-order chi connectivity index (χ0) is 24.4. The summed E-state index contributed by atoms with van der Waals surface area (Å²) in [6.07, 6.45) is 1.90. The number of methoxy groups -OCH3 is 1. The lowest BCUT2D eigenvalue weighted by molar-refractivity contribution is -0.118. The first-order chi connectivity index (χ1) is 17.0. The largest absolute Gasteiger partial charge is 0.496 e. The van der Waals surface area contributed by atoms with Crippen molar-refractivity contribution >= 4 is 23.3 Å². The Bertz CT molecular complexity index is 1120. The predicted octanol–water partition coefficient (Wildman–Crippen LogP) is 2.23. The average molecular weight is 480 g/mol. The smallest absolute Gasteiger partial charge is 0.290 e. The van der Waals surface area contributed by atoms with Gasteiger partial charge in [0.25, 0.3) is 6.02 Å². The number of aliphatic imine (C=N–C) groups is 1. The number of hydrogen-bond acceptors (Lipinski definition) is 7. The SMILES string of the molecule is COc1cccc2c1C(N=C1Nc3ccc(NC(=O)CN4CCN(C)C(CO)C4)cc3CO1)CC2. The number of aliphatic hydroxyl groups is 1. The minimum absolute atomic E-state index is 0.00349. The Kier molecular flexibility index (Phi) is 6.90. The van der Waals surface area contributed by atoms with Crippen LogP contribution in [0.5, 0.6) is 5.75 Å². The number of aliphatic hydroxyl groups excluding tert-OH is 1. The zero-order valence-electron chi connectivity index (χ0n) is 20.3. The number of amidine groups is 1. The van der Waals surface area contributed by atoms with Crippen LogP contribution >= 0.6 is 0 Å². The number of nitrogens with zero attached hydrogens (tertiary/aromatic N) is 3. The summed E-state index contributed by atoms with van der Waals surface area (Å²) in [5.74, 6) is 0.807. The number of likely N-dealkylation sites (N-methyl/N-ethyl adjacent to an activating group) is 1. The van der Waals surface area contributed by atoms with Gasteiger partial charge in [0.15, 0.2) is 0 Å². The van der Waals surface area contributed by atoms with Crippen molar-refractivity contribution in [1.29, 1.82) is 0 Å².